The minimum Gasteiger partial charge on any atom is -0.423 e. The van der Waals surface area contributed by atoms with E-state index in [0.29, 0.717) is 51.9 Å². The Bertz CT molecular complexity index is 2130. The smallest absolute Gasteiger partial charge is 0.308 e. The zero-order chi connectivity index (χ0) is 49.3. The average Bonchev–Trinajstić information content (AvgIpc) is 3.24. The molecule has 0 heterocycles. The van der Waals surface area contributed by atoms with Crippen LogP contribution in [-0.4, -0.2) is 84.6 Å². The maximum Gasteiger partial charge on any atom is 0.308 e. The fourth-order valence-corrected chi connectivity index (χ4v) is 6.88. The maximum atomic E-state index is 14.1. The van der Waals surface area contributed by atoms with Crippen LogP contribution in [0, 0.1) is 0 Å². The van der Waals surface area contributed by atoms with Crippen LogP contribution in [0.4, 0.5) is 0 Å². The molecule has 67 heavy (non-hydrogen) atoms. The van der Waals surface area contributed by atoms with E-state index in [2.05, 4.69) is 10.6 Å². The molecule has 0 aromatic heterocycles. The van der Waals surface area contributed by atoms with Crippen LogP contribution in [0.2, 0.25) is 0 Å². The first-order valence-corrected chi connectivity index (χ1v) is 22.3. The number of amides is 3. The third-order valence-electron chi connectivity index (χ3n) is 9.72. The van der Waals surface area contributed by atoms with E-state index in [9.17, 15) is 43.2 Å². The van der Waals surface area contributed by atoms with Crippen molar-refractivity contribution in [2.24, 2.45) is 0 Å². The predicted octanol–water partition coefficient (Wildman–Crippen LogP) is 7.22. The second kappa shape index (κ2) is 28.7. The largest absolute Gasteiger partial charge is 0.423 e. The molecule has 2 N–H and O–H groups in total. The molecule has 362 valence electrons. The minimum atomic E-state index is -0.681. The van der Waals surface area contributed by atoms with Crippen molar-refractivity contribution in [3.63, 3.8) is 0 Å². The van der Waals surface area contributed by atoms with Crippen LogP contribution >= 0.6 is 0 Å². The third kappa shape index (κ3) is 19.5. The number of hydrogen-bond acceptors (Lipinski definition) is 15. The molecule has 18 heteroatoms. The van der Waals surface area contributed by atoms with Gasteiger partial charge in [0.05, 0.1) is 16.7 Å². The Morgan fingerprint density at radius 1 is 0.373 bits per heavy atom. The number of rotatable bonds is 27. The van der Waals surface area contributed by atoms with Crippen LogP contribution in [0.3, 0.4) is 0 Å². The van der Waals surface area contributed by atoms with E-state index in [-0.39, 0.29) is 57.1 Å². The number of unbranched alkanes of at least 4 members (excludes halogenated alkanes) is 10. The highest BCUT2D eigenvalue weighted by Crippen LogP contribution is 2.35. The second-order valence-corrected chi connectivity index (χ2v) is 15.5. The first-order valence-electron chi connectivity index (χ1n) is 22.3. The zero-order valence-corrected chi connectivity index (χ0v) is 39.1. The van der Waals surface area contributed by atoms with Gasteiger partial charge in [0, 0.05) is 67.7 Å². The number of carbonyl (C=O) groups excluding carboxylic acids is 9. The molecule has 0 radical (unpaired) electrons. The zero-order valence-electron chi connectivity index (χ0n) is 39.1. The van der Waals surface area contributed by atoms with Crippen molar-refractivity contribution in [1.82, 2.24) is 15.5 Å². The highest BCUT2D eigenvalue weighted by atomic mass is 16.6. The first-order chi connectivity index (χ1) is 32.0. The fourth-order valence-electron chi connectivity index (χ4n) is 6.88. The molecule has 0 aliphatic heterocycles. The summed E-state index contributed by atoms with van der Waals surface area (Å²) in [5, 5.41) is 5.64. The molecule has 0 bridgehead atoms. The van der Waals surface area contributed by atoms with Gasteiger partial charge in [-0.3, -0.25) is 43.2 Å². The van der Waals surface area contributed by atoms with Gasteiger partial charge in [0.2, 0.25) is 0 Å². The Morgan fingerprint density at radius 2 is 0.657 bits per heavy atom. The van der Waals surface area contributed by atoms with Gasteiger partial charge in [-0.1, -0.05) is 69.6 Å². The highest BCUT2D eigenvalue weighted by molar-refractivity contribution is 6.00. The monoisotopic (exact) mass is 931 g/mol. The lowest BCUT2D eigenvalue weighted by atomic mass is 10.1. The Morgan fingerprint density at radius 3 is 0.985 bits per heavy atom. The second-order valence-electron chi connectivity index (χ2n) is 15.5. The van der Waals surface area contributed by atoms with Crippen molar-refractivity contribution < 1.29 is 71.6 Å². The summed E-state index contributed by atoms with van der Waals surface area (Å²) >= 11 is 0. The number of esters is 6. The Hall–Kier alpha value is -7.11. The van der Waals surface area contributed by atoms with Crippen LogP contribution in [0.1, 0.15) is 150 Å². The summed E-state index contributed by atoms with van der Waals surface area (Å²) in [4.78, 5) is 112. The van der Waals surface area contributed by atoms with Crippen molar-refractivity contribution in [3.05, 3.63) is 71.3 Å². The average molecular weight is 932 g/mol. The van der Waals surface area contributed by atoms with Crippen LogP contribution in [0.25, 0.3) is 0 Å². The van der Waals surface area contributed by atoms with Gasteiger partial charge in [-0.2, -0.15) is 0 Å². The molecule has 0 saturated carbocycles. The minimum absolute atomic E-state index is 0.0349. The van der Waals surface area contributed by atoms with Crippen molar-refractivity contribution >= 4 is 53.5 Å². The predicted molar refractivity (Wildman–Crippen MR) is 243 cm³/mol. The molecule has 0 atom stereocenters. The summed E-state index contributed by atoms with van der Waals surface area (Å²) in [5.41, 5.74) is 0.215. The Labute approximate surface area is 390 Å². The van der Waals surface area contributed by atoms with E-state index in [1.165, 1.54) is 90.1 Å². The molecule has 0 unspecified atom stereocenters. The van der Waals surface area contributed by atoms with E-state index in [0.717, 1.165) is 51.4 Å². The molecular formula is C49H61N3O15. The van der Waals surface area contributed by atoms with Gasteiger partial charge in [0.15, 0.2) is 34.5 Å². The van der Waals surface area contributed by atoms with Gasteiger partial charge in [-0.05, 0) is 62.1 Å². The van der Waals surface area contributed by atoms with Crippen molar-refractivity contribution in [2.75, 3.05) is 26.2 Å². The molecule has 3 aromatic rings. The Kier molecular flexibility index (Phi) is 23.2. The summed E-state index contributed by atoms with van der Waals surface area (Å²) in [7, 11) is 0. The lowest BCUT2D eigenvalue weighted by Crippen LogP contribution is -2.33. The van der Waals surface area contributed by atoms with Crippen LogP contribution in [-0.2, 0) is 28.8 Å². The molecule has 18 nitrogen and oxygen atoms in total. The maximum absolute atomic E-state index is 14.1. The van der Waals surface area contributed by atoms with E-state index < -0.39 is 47.6 Å². The van der Waals surface area contributed by atoms with Crippen LogP contribution < -0.4 is 39.1 Å². The number of ether oxygens (including phenoxy) is 6. The van der Waals surface area contributed by atoms with Crippen molar-refractivity contribution in [3.8, 4) is 34.5 Å². The van der Waals surface area contributed by atoms with Gasteiger partial charge in [-0.25, -0.2) is 0 Å². The molecule has 3 rings (SSSR count). The van der Waals surface area contributed by atoms with Crippen LogP contribution in [0.15, 0.2) is 54.6 Å². The fraction of sp³-hybridized carbons (Fsp3) is 0.449. The number of nitrogens with one attached hydrogen (secondary N) is 2. The SMILES string of the molecule is CC(=O)Oc1cccc(C(=O)NCCCCCCCCN(CCCCCCCCNC(=O)c2cccc(OC(C)=O)c2OC(C)=O)C(=O)c2cccc(OC(C)=O)c2OC(C)=O)c1OC(C)=O. The number of nitrogens with zero attached hydrogens (tertiary/aromatic N) is 1. The van der Waals surface area contributed by atoms with Gasteiger partial charge in [0.25, 0.3) is 17.7 Å². The van der Waals surface area contributed by atoms with Gasteiger partial charge in [-0.15, -0.1) is 0 Å². The lowest BCUT2D eigenvalue weighted by Gasteiger charge is -2.24. The molecule has 0 fully saturated rings. The molecule has 3 amide bonds. The van der Waals surface area contributed by atoms with E-state index in [4.69, 9.17) is 28.4 Å². The highest BCUT2D eigenvalue weighted by Gasteiger charge is 2.25. The molecule has 0 spiro atoms. The summed E-state index contributed by atoms with van der Waals surface area (Å²) in [6, 6.07) is 13.4. The molecule has 0 aliphatic carbocycles. The number of benzene rings is 3. The topological polar surface area (TPSA) is 236 Å². The first kappa shape index (κ1) is 54.2. The quantitative estimate of drug-likeness (QED) is 0.0436. The molecule has 0 saturated heterocycles. The summed E-state index contributed by atoms with van der Waals surface area (Å²) in [6.07, 6.45) is 9.47. The standard InChI is InChI=1S/C49H61N3O15/c1-32(53)62-41-25-19-22-38(44(41)65-35(4)56)47(59)50-28-15-11-7-9-13-17-30-52(49(61)40-24-21-27-43(64-34(3)55)46(40)67-37(6)58)31-18-14-10-8-12-16-29-51-48(60)39-23-20-26-42(63-33(2)54)45(39)66-36(5)57/h19-27H,7-18,28-31H2,1-6H3,(H,50,59)(H,51,60). The molecule has 3 aromatic carbocycles. The molecule has 0 aliphatic rings. The number of hydrogen-bond donors (Lipinski definition) is 2. The van der Waals surface area contributed by atoms with E-state index in [1.54, 1.807) is 11.0 Å². The van der Waals surface area contributed by atoms with Gasteiger partial charge >= 0.3 is 35.8 Å². The van der Waals surface area contributed by atoms with E-state index in [1.807, 2.05) is 0 Å². The molecular weight excluding hydrogens is 871 g/mol. The summed E-state index contributed by atoms with van der Waals surface area (Å²) in [6.45, 7) is 8.73. The van der Waals surface area contributed by atoms with Gasteiger partial charge < -0.3 is 44.0 Å². The summed E-state index contributed by atoms with van der Waals surface area (Å²) in [5.74, 6) is -5.75. The Balaban J connectivity index is 1.51. The number of para-hydroxylation sites is 3. The normalized spacial score (nSPS) is 10.5. The van der Waals surface area contributed by atoms with Crippen LogP contribution in [0.5, 0.6) is 34.5 Å². The van der Waals surface area contributed by atoms with E-state index >= 15 is 0 Å². The van der Waals surface area contributed by atoms with Gasteiger partial charge in [0.1, 0.15) is 0 Å². The summed E-state index contributed by atoms with van der Waals surface area (Å²) < 4.78 is 31.3. The lowest BCUT2D eigenvalue weighted by molar-refractivity contribution is -0.134. The van der Waals surface area contributed by atoms with Crippen molar-refractivity contribution in [2.45, 2.75) is 119 Å². The third-order valence-corrected chi connectivity index (χ3v) is 9.72. The number of carbonyl (C=O) groups is 9. The van der Waals surface area contributed by atoms with Crippen molar-refractivity contribution in [1.29, 1.82) is 0 Å².